The lowest BCUT2D eigenvalue weighted by atomic mass is 9.85. The second kappa shape index (κ2) is 4.02. The van der Waals surface area contributed by atoms with Crippen molar-refractivity contribution in [2.24, 2.45) is 11.8 Å². The monoisotopic (exact) mass is 198 g/mol. The molecule has 0 amide bonds. The fourth-order valence-electron chi connectivity index (χ4n) is 1.75. The highest BCUT2D eigenvalue weighted by molar-refractivity contribution is 5.95. The fourth-order valence-corrected chi connectivity index (χ4v) is 1.75. The van der Waals surface area contributed by atoms with E-state index in [0.29, 0.717) is 0 Å². The van der Waals surface area contributed by atoms with Gasteiger partial charge in [-0.25, -0.2) is 0 Å². The number of aliphatic hydroxyl groups is 2. The van der Waals surface area contributed by atoms with Crippen LogP contribution in [0.4, 0.5) is 0 Å². The summed E-state index contributed by atoms with van der Waals surface area (Å²) >= 11 is 0. The molecule has 0 aliphatic heterocycles. The zero-order valence-corrected chi connectivity index (χ0v) is 8.18. The second-order valence-corrected chi connectivity index (χ2v) is 3.69. The molecular weight excluding hydrogens is 184 g/mol. The number of carbonyl (C=O) groups excluding carboxylic acids is 2. The maximum Gasteiger partial charge on any atom is 0.186 e. The average molecular weight is 198 g/mol. The Kier molecular flexibility index (Phi) is 3.18. The Balaban J connectivity index is 3.00. The number of Topliss-reactive ketones (excluding diaryl/α,β-unsaturated/α-hetero) is 1. The molecule has 1 aliphatic carbocycles. The van der Waals surface area contributed by atoms with Gasteiger partial charge in [0.1, 0.15) is 11.9 Å². The summed E-state index contributed by atoms with van der Waals surface area (Å²) in [7, 11) is 0. The first-order valence-corrected chi connectivity index (χ1v) is 4.53. The van der Waals surface area contributed by atoms with Gasteiger partial charge in [0.2, 0.25) is 0 Å². The Morgan fingerprint density at radius 3 is 2.50 bits per heavy atom. The largest absolute Gasteiger partial charge is 0.389 e. The van der Waals surface area contributed by atoms with E-state index in [9.17, 15) is 19.8 Å². The highest BCUT2D eigenvalue weighted by atomic mass is 16.3. The highest BCUT2D eigenvalue weighted by Crippen LogP contribution is 2.24. The molecule has 4 heteroatoms. The third kappa shape index (κ3) is 1.91. The number of hydrogen-bond acceptors (Lipinski definition) is 4. The minimum atomic E-state index is -1.48. The van der Waals surface area contributed by atoms with Gasteiger partial charge in [-0.3, -0.25) is 9.59 Å². The minimum absolute atomic E-state index is 0.219. The summed E-state index contributed by atoms with van der Waals surface area (Å²) in [6.45, 7) is 3.08. The summed E-state index contributed by atoms with van der Waals surface area (Å²) in [5.74, 6) is -1.70. The third-order valence-corrected chi connectivity index (χ3v) is 2.58. The predicted molar refractivity (Wildman–Crippen MR) is 49.5 cm³/mol. The van der Waals surface area contributed by atoms with Crippen LogP contribution in [0.2, 0.25) is 0 Å². The van der Waals surface area contributed by atoms with Gasteiger partial charge in [0.15, 0.2) is 5.78 Å². The SMILES string of the molecule is CC(=O)C1C(C)C=CC(=O)C(O)C1O. The molecule has 0 aromatic heterocycles. The zero-order chi connectivity index (χ0) is 10.9. The summed E-state index contributed by atoms with van der Waals surface area (Å²) in [5.41, 5.74) is 0. The molecule has 0 bridgehead atoms. The lowest BCUT2D eigenvalue weighted by Crippen LogP contribution is -2.41. The van der Waals surface area contributed by atoms with Crippen molar-refractivity contribution in [3.05, 3.63) is 12.2 Å². The van der Waals surface area contributed by atoms with Crippen LogP contribution in [0.5, 0.6) is 0 Å². The molecule has 4 atom stereocenters. The molecule has 0 saturated carbocycles. The van der Waals surface area contributed by atoms with Gasteiger partial charge in [-0.15, -0.1) is 0 Å². The van der Waals surface area contributed by atoms with E-state index in [1.165, 1.54) is 13.0 Å². The van der Waals surface area contributed by atoms with Crippen molar-refractivity contribution in [3.8, 4) is 0 Å². The molecule has 0 aromatic carbocycles. The van der Waals surface area contributed by atoms with E-state index in [1.807, 2.05) is 0 Å². The number of aliphatic hydroxyl groups excluding tert-OH is 2. The maximum atomic E-state index is 11.2. The molecule has 0 heterocycles. The Bertz CT molecular complexity index is 282. The smallest absolute Gasteiger partial charge is 0.186 e. The van der Waals surface area contributed by atoms with Crippen LogP contribution in [0.15, 0.2) is 12.2 Å². The third-order valence-electron chi connectivity index (χ3n) is 2.58. The standard InChI is InChI=1S/C10H14O4/c1-5-3-4-7(12)9(13)10(14)8(5)6(2)11/h3-5,8-10,13-14H,1-2H3. The van der Waals surface area contributed by atoms with Crippen molar-refractivity contribution in [3.63, 3.8) is 0 Å². The van der Waals surface area contributed by atoms with E-state index in [-0.39, 0.29) is 11.7 Å². The number of ketones is 2. The quantitative estimate of drug-likeness (QED) is 0.606. The zero-order valence-electron chi connectivity index (χ0n) is 8.18. The van der Waals surface area contributed by atoms with Gasteiger partial charge in [-0.1, -0.05) is 13.0 Å². The molecule has 1 rings (SSSR count). The molecule has 78 valence electrons. The molecule has 0 saturated heterocycles. The summed E-state index contributed by atoms with van der Waals surface area (Å²) in [5, 5.41) is 19.0. The summed E-state index contributed by atoms with van der Waals surface area (Å²) in [6.07, 6.45) is -0.00917. The van der Waals surface area contributed by atoms with Crippen LogP contribution in [0.3, 0.4) is 0 Å². The Labute approximate surface area is 82.2 Å². The molecule has 0 radical (unpaired) electrons. The normalized spacial score (nSPS) is 38.1. The van der Waals surface area contributed by atoms with Crippen LogP contribution < -0.4 is 0 Å². The lowest BCUT2D eigenvalue weighted by molar-refractivity contribution is -0.136. The molecule has 4 nitrogen and oxygen atoms in total. The highest BCUT2D eigenvalue weighted by Gasteiger charge is 2.37. The van der Waals surface area contributed by atoms with Crippen LogP contribution in [-0.4, -0.2) is 34.0 Å². The van der Waals surface area contributed by atoms with Crippen molar-refractivity contribution in [1.82, 2.24) is 0 Å². The second-order valence-electron chi connectivity index (χ2n) is 3.69. The minimum Gasteiger partial charge on any atom is -0.389 e. The average Bonchev–Trinajstić information content (AvgIpc) is 2.19. The van der Waals surface area contributed by atoms with Gasteiger partial charge >= 0.3 is 0 Å². The van der Waals surface area contributed by atoms with E-state index < -0.39 is 23.9 Å². The number of hydrogen-bond donors (Lipinski definition) is 2. The Morgan fingerprint density at radius 2 is 2.00 bits per heavy atom. The fraction of sp³-hybridized carbons (Fsp3) is 0.600. The van der Waals surface area contributed by atoms with Crippen molar-refractivity contribution >= 4 is 11.6 Å². The van der Waals surface area contributed by atoms with Crippen LogP contribution in [0.25, 0.3) is 0 Å². The molecule has 0 spiro atoms. The van der Waals surface area contributed by atoms with Crippen molar-refractivity contribution in [2.45, 2.75) is 26.1 Å². The van der Waals surface area contributed by atoms with E-state index in [2.05, 4.69) is 0 Å². The Hall–Kier alpha value is -1.00. The summed E-state index contributed by atoms with van der Waals surface area (Å²) in [4.78, 5) is 22.3. The molecule has 4 unspecified atom stereocenters. The first-order chi connectivity index (χ1) is 6.45. The van der Waals surface area contributed by atoms with Crippen LogP contribution in [-0.2, 0) is 9.59 Å². The molecule has 0 fully saturated rings. The lowest BCUT2D eigenvalue weighted by Gasteiger charge is -2.24. The number of allylic oxidation sites excluding steroid dienone is 1. The van der Waals surface area contributed by atoms with Gasteiger partial charge in [0, 0.05) is 0 Å². The van der Waals surface area contributed by atoms with E-state index >= 15 is 0 Å². The molecular formula is C10H14O4. The summed E-state index contributed by atoms with van der Waals surface area (Å²) < 4.78 is 0. The molecule has 0 aromatic rings. The van der Waals surface area contributed by atoms with E-state index in [1.54, 1.807) is 13.0 Å². The molecule has 2 N–H and O–H groups in total. The van der Waals surface area contributed by atoms with Crippen LogP contribution >= 0.6 is 0 Å². The maximum absolute atomic E-state index is 11.2. The van der Waals surface area contributed by atoms with Gasteiger partial charge in [-0.05, 0) is 18.9 Å². The van der Waals surface area contributed by atoms with Gasteiger partial charge in [-0.2, -0.15) is 0 Å². The molecule has 1 aliphatic rings. The van der Waals surface area contributed by atoms with Gasteiger partial charge in [0.25, 0.3) is 0 Å². The number of rotatable bonds is 1. The van der Waals surface area contributed by atoms with E-state index in [0.717, 1.165) is 0 Å². The first kappa shape index (κ1) is 11.1. The first-order valence-electron chi connectivity index (χ1n) is 4.53. The summed E-state index contributed by atoms with van der Waals surface area (Å²) in [6, 6.07) is 0. The van der Waals surface area contributed by atoms with Crippen molar-refractivity contribution in [1.29, 1.82) is 0 Å². The van der Waals surface area contributed by atoms with E-state index in [4.69, 9.17) is 0 Å². The van der Waals surface area contributed by atoms with Crippen LogP contribution in [0.1, 0.15) is 13.8 Å². The van der Waals surface area contributed by atoms with Crippen molar-refractivity contribution < 1.29 is 19.8 Å². The van der Waals surface area contributed by atoms with Crippen LogP contribution in [0, 0.1) is 11.8 Å². The Morgan fingerprint density at radius 1 is 1.43 bits per heavy atom. The van der Waals surface area contributed by atoms with Crippen molar-refractivity contribution in [2.75, 3.05) is 0 Å². The predicted octanol–water partition coefficient (Wildman–Crippen LogP) is -0.312. The van der Waals surface area contributed by atoms with Gasteiger partial charge < -0.3 is 10.2 Å². The number of carbonyl (C=O) groups is 2. The molecule has 14 heavy (non-hydrogen) atoms. The topological polar surface area (TPSA) is 74.6 Å². The van der Waals surface area contributed by atoms with Gasteiger partial charge in [0.05, 0.1) is 12.0 Å².